The zero-order chi connectivity index (χ0) is 5.82. The van der Waals surface area contributed by atoms with E-state index < -0.39 is 0 Å². The number of hydrogen-bond donors (Lipinski definition) is 2. The minimum absolute atomic E-state index is 0.604. The molecule has 0 saturated heterocycles. The van der Waals surface area contributed by atoms with Gasteiger partial charge in [-0.3, -0.25) is 0 Å². The normalized spacial score (nSPS) is 9.00. The summed E-state index contributed by atoms with van der Waals surface area (Å²) in [7, 11) is 0. The van der Waals surface area contributed by atoms with Crippen molar-refractivity contribution < 1.29 is 0 Å². The summed E-state index contributed by atoms with van der Waals surface area (Å²) in [6, 6.07) is 0. The van der Waals surface area contributed by atoms with Gasteiger partial charge in [0.25, 0.3) is 0 Å². The third-order valence-electron chi connectivity index (χ3n) is 0.850. The van der Waals surface area contributed by atoms with E-state index in [2.05, 4.69) is 9.97 Å². The Hall–Kier alpha value is -1.12. The number of nitrogens with one attached hydrogen (secondary N) is 2. The smallest absolute Gasteiger partial charge is 0.111 e. The molecule has 1 heterocycles. The molecule has 0 aliphatic heterocycles. The Morgan fingerprint density at radius 1 is 1.88 bits per heavy atom. The molecule has 0 amide bonds. The van der Waals surface area contributed by atoms with Crippen molar-refractivity contribution in [1.29, 1.82) is 5.41 Å². The molecule has 0 aliphatic carbocycles. The van der Waals surface area contributed by atoms with Gasteiger partial charge in [0.15, 0.2) is 0 Å². The highest BCUT2D eigenvalue weighted by Gasteiger charge is 1.85. The lowest BCUT2D eigenvalue weighted by atomic mass is 10.4. The Morgan fingerprint density at radius 2 is 2.75 bits per heavy atom. The second-order valence-electron chi connectivity index (χ2n) is 1.44. The summed E-state index contributed by atoms with van der Waals surface area (Å²) < 4.78 is 0. The average Bonchev–Trinajstić information content (AvgIpc) is 2.19. The Morgan fingerprint density at radius 3 is 3.25 bits per heavy atom. The molecule has 0 fully saturated rings. The lowest BCUT2D eigenvalue weighted by Crippen LogP contribution is -1.85. The fraction of sp³-hybridized carbons (Fsp3) is 0.200. The predicted octanol–water partition coefficient (Wildman–Crippen LogP) is 0.602. The Balaban J connectivity index is 2.62. The number of H-pyrrole nitrogens is 1. The molecule has 0 unspecified atom stereocenters. The summed E-state index contributed by atoms with van der Waals surface area (Å²) in [5, 5.41) is 6.69. The van der Waals surface area contributed by atoms with Crippen LogP contribution in [0.4, 0.5) is 0 Å². The number of imidazole rings is 1. The van der Waals surface area contributed by atoms with Gasteiger partial charge in [0, 0.05) is 25.0 Å². The van der Waals surface area contributed by atoms with Crippen LogP contribution in [0.1, 0.15) is 5.82 Å². The van der Waals surface area contributed by atoms with Gasteiger partial charge in [-0.25, -0.2) is 4.98 Å². The molecule has 0 atom stereocenters. The number of hydrogen-bond acceptors (Lipinski definition) is 2. The van der Waals surface area contributed by atoms with Crippen molar-refractivity contribution in [1.82, 2.24) is 9.97 Å². The van der Waals surface area contributed by atoms with E-state index in [-0.39, 0.29) is 0 Å². The van der Waals surface area contributed by atoms with Gasteiger partial charge in [0.05, 0.1) is 0 Å². The van der Waals surface area contributed by atoms with Gasteiger partial charge in [0.1, 0.15) is 5.82 Å². The standard InChI is InChI=1S/C5H7N3/c6-2-1-5-7-3-4-8-5/h2-4,6H,1H2,(H,7,8). The molecule has 0 spiro atoms. The van der Waals surface area contributed by atoms with Gasteiger partial charge in [-0.2, -0.15) is 0 Å². The molecule has 0 bridgehead atoms. The van der Waals surface area contributed by atoms with Crippen molar-refractivity contribution in [3.05, 3.63) is 18.2 Å². The minimum Gasteiger partial charge on any atom is -0.348 e. The van der Waals surface area contributed by atoms with E-state index >= 15 is 0 Å². The van der Waals surface area contributed by atoms with Crippen molar-refractivity contribution in [2.24, 2.45) is 0 Å². The van der Waals surface area contributed by atoms with E-state index in [9.17, 15) is 0 Å². The fourth-order valence-corrected chi connectivity index (χ4v) is 0.506. The molecule has 0 saturated carbocycles. The molecule has 1 rings (SSSR count). The molecule has 42 valence electrons. The lowest BCUT2D eigenvalue weighted by molar-refractivity contribution is 1.09. The Bertz CT molecular complexity index is 154. The molecule has 1 aromatic rings. The van der Waals surface area contributed by atoms with Crippen molar-refractivity contribution in [2.75, 3.05) is 0 Å². The molecular weight excluding hydrogens is 102 g/mol. The SMILES string of the molecule is N=CCc1ncc[nH]1. The molecule has 1 aromatic heterocycles. The summed E-state index contributed by atoms with van der Waals surface area (Å²) in [6.07, 6.45) is 5.35. The van der Waals surface area contributed by atoms with E-state index in [0.29, 0.717) is 6.42 Å². The van der Waals surface area contributed by atoms with Crippen molar-refractivity contribution in [3.8, 4) is 0 Å². The van der Waals surface area contributed by atoms with Crippen LogP contribution in [0.15, 0.2) is 12.4 Å². The van der Waals surface area contributed by atoms with E-state index in [1.165, 1.54) is 6.21 Å². The average molecular weight is 109 g/mol. The second kappa shape index (κ2) is 2.26. The van der Waals surface area contributed by atoms with Crippen LogP contribution in [0.5, 0.6) is 0 Å². The van der Waals surface area contributed by atoms with Crippen molar-refractivity contribution in [3.63, 3.8) is 0 Å². The quantitative estimate of drug-likeness (QED) is 0.537. The number of rotatable bonds is 2. The molecule has 0 radical (unpaired) electrons. The van der Waals surface area contributed by atoms with Crippen LogP contribution in [-0.4, -0.2) is 16.2 Å². The minimum atomic E-state index is 0.604. The zero-order valence-electron chi connectivity index (χ0n) is 4.39. The van der Waals surface area contributed by atoms with Crippen LogP contribution in [0, 0.1) is 5.41 Å². The molecule has 0 aromatic carbocycles. The van der Waals surface area contributed by atoms with E-state index in [1.807, 2.05) is 0 Å². The van der Waals surface area contributed by atoms with Gasteiger partial charge in [0.2, 0.25) is 0 Å². The second-order valence-corrected chi connectivity index (χ2v) is 1.44. The lowest BCUT2D eigenvalue weighted by Gasteiger charge is -1.81. The maximum atomic E-state index is 6.69. The third kappa shape index (κ3) is 0.932. The summed E-state index contributed by atoms with van der Waals surface area (Å²) in [6.45, 7) is 0. The van der Waals surface area contributed by atoms with Gasteiger partial charge in [-0.05, 0) is 0 Å². The predicted molar refractivity (Wildman–Crippen MR) is 31.1 cm³/mol. The highest BCUT2D eigenvalue weighted by molar-refractivity contribution is 5.55. The number of aromatic amines is 1. The Kier molecular flexibility index (Phi) is 1.42. The van der Waals surface area contributed by atoms with Gasteiger partial charge in [-0.15, -0.1) is 0 Å². The van der Waals surface area contributed by atoms with Crippen LogP contribution in [0.3, 0.4) is 0 Å². The van der Waals surface area contributed by atoms with E-state index in [4.69, 9.17) is 5.41 Å². The van der Waals surface area contributed by atoms with Crippen LogP contribution in [0.25, 0.3) is 0 Å². The molecule has 8 heavy (non-hydrogen) atoms. The molecule has 2 N–H and O–H groups in total. The first-order chi connectivity index (χ1) is 3.93. The van der Waals surface area contributed by atoms with Gasteiger partial charge in [-0.1, -0.05) is 0 Å². The summed E-state index contributed by atoms with van der Waals surface area (Å²) in [5.74, 6) is 0.847. The van der Waals surface area contributed by atoms with Crippen molar-refractivity contribution in [2.45, 2.75) is 6.42 Å². The fourth-order valence-electron chi connectivity index (χ4n) is 0.506. The van der Waals surface area contributed by atoms with Crippen LogP contribution in [0.2, 0.25) is 0 Å². The highest BCUT2D eigenvalue weighted by Crippen LogP contribution is 1.84. The monoisotopic (exact) mass is 109 g/mol. The van der Waals surface area contributed by atoms with E-state index in [0.717, 1.165) is 5.82 Å². The first-order valence-corrected chi connectivity index (χ1v) is 2.40. The molecule has 3 heteroatoms. The maximum Gasteiger partial charge on any atom is 0.111 e. The molecule has 3 nitrogen and oxygen atoms in total. The zero-order valence-corrected chi connectivity index (χ0v) is 4.39. The Labute approximate surface area is 47.3 Å². The van der Waals surface area contributed by atoms with Crippen LogP contribution in [-0.2, 0) is 6.42 Å². The number of nitrogens with zero attached hydrogens (tertiary/aromatic N) is 1. The van der Waals surface area contributed by atoms with E-state index in [1.54, 1.807) is 12.4 Å². The van der Waals surface area contributed by atoms with Gasteiger partial charge >= 0.3 is 0 Å². The summed E-state index contributed by atoms with van der Waals surface area (Å²) >= 11 is 0. The molecular formula is C5H7N3. The number of aromatic nitrogens is 2. The van der Waals surface area contributed by atoms with Crippen LogP contribution >= 0.6 is 0 Å². The summed E-state index contributed by atoms with van der Waals surface area (Å²) in [5.41, 5.74) is 0. The maximum absolute atomic E-state index is 6.69. The topological polar surface area (TPSA) is 52.5 Å². The summed E-state index contributed by atoms with van der Waals surface area (Å²) in [4.78, 5) is 6.77. The highest BCUT2D eigenvalue weighted by atomic mass is 14.9. The van der Waals surface area contributed by atoms with Crippen LogP contribution < -0.4 is 0 Å². The van der Waals surface area contributed by atoms with Gasteiger partial charge < -0.3 is 10.4 Å². The first-order valence-electron chi connectivity index (χ1n) is 2.40. The largest absolute Gasteiger partial charge is 0.348 e. The molecule has 0 aliphatic rings. The third-order valence-corrected chi connectivity index (χ3v) is 0.850. The van der Waals surface area contributed by atoms with Crippen molar-refractivity contribution >= 4 is 6.21 Å². The first kappa shape index (κ1) is 5.03.